The lowest BCUT2D eigenvalue weighted by molar-refractivity contribution is -0.117. The molecule has 42 heavy (non-hydrogen) atoms. The number of anilines is 4. The summed E-state index contributed by atoms with van der Waals surface area (Å²) in [7, 11) is 7.85. The van der Waals surface area contributed by atoms with Gasteiger partial charge >= 0.3 is 0 Å². The first-order chi connectivity index (χ1) is 20.1. The monoisotopic (exact) mass is 572 g/mol. The lowest BCUT2D eigenvalue weighted by Gasteiger charge is -2.11. The maximum Gasteiger partial charge on any atom is 0.255 e. The van der Waals surface area contributed by atoms with E-state index in [0.29, 0.717) is 46.7 Å². The number of carbonyl (C=O) groups is 4. The molecule has 0 aromatic heterocycles. The Bertz CT molecular complexity index is 1270. The van der Waals surface area contributed by atoms with Crippen LogP contribution in [0, 0.1) is 0 Å². The summed E-state index contributed by atoms with van der Waals surface area (Å²) in [6, 6.07) is 20.2. The van der Waals surface area contributed by atoms with E-state index in [1.165, 1.54) is 0 Å². The van der Waals surface area contributed by atoms with Gasteiger partial charge in [0.25, 0.3) is 11.8 Å². The number of amides is 4. The standard InChI is InChI=1S/C32H40N6O4/c1-37(2)19-7-13-29(39)33-25-9-5-11-27(21-25)35-31(41)23-15-17-24(18-16-23)32(42)36-28-12-6-10-26(22-28)34-30(40)14-8-20-38(3)4/h5-6,9-12,15-18,21-22H,7-8,13-14,19-20H2,1-4H3,(H,33,39)(H,34,40)(H,35,41)(H,36,42). The van der Waals surface area contributed by atoms with Gasteiger partial charge in [-0.05, 0) is 115 Å². The summed E-state index contributed by atoms with van der Waals surface area (Å²) < 4.78 is 0. The molecule has 0 aliphatic heterocycles. The van der Waals surface area contributed by atoms with Crippen LogP contribution >= 0.6 is 0 Å². The van der Waals surface area contributed by atoms with E-state index in [1.54, 1.807) is 72.8 Å². The van der Waals surface area contributed by atoms with Crippen LogP contribution in [-0.4, -0.2) is 74.7 Å². The van der Waals surface area contributed by atoms with Crippen LogP contribution in [0.25, 0.3) is 0 Å². The molecule has 10 nitrogen and oxygen atoms in total. The first-order valence-corrected chi connectivity index (χ1v) is 13.9. The van der Waals surface area contributed by atoms with Gasteiger partial charge in [-0.2, -0.15) is 0 Å². The zero-order chi connectivity index (χ0) is 30.5. The molecule has 4 N–H and O–H groups in total. The van der Waals surface area contributed by atoms with Crippen molar-refractivity contribution in [2.24, 2.45) is 0 Å². The molecule has 3 aromatic carbocycles. The highest BCUT2D eigenvalue weighted by Crippen LogP contribution is 2.19. The third-order valence-corrected chi connectivity index (χ3v) is 6.24. The van der Waals surface area contributed by atoms with Gasteiger partial charge in [0, 0.05) is 46.7 Å². The van der Waals surface area contributed by atoms with Crippen molar-refractivity contribution in [3.8, 4) is 0 Å². The first-order valence-electron chi connectivity index (χ1n) is 13.9. The Morgan fingerprint density at radius 3 is 1.19 bits per heavy atom. The average Bonchev–Trinajstić information content (AvgIpc) is 2.93. The lowest BCUT2D eigenvalue weighted by Crippen LogP contribution is -2.17. The SMILES string of the molecule is CN(C)CCCC(=O)Nc1cccc(NC(=O)c2ccc(C(=O)Nc3cccc(NC(=O)CCCN(C)C)c3)cc2)c1. The molecule has 0 spiro atoms. The van der Waals surface area contributed by atoms with Crippen LogP contribution in [0.2, 0.25) is 0 Å². The van der Waals surface area contributed by atoms with Gasteiger partial charge in [-0.15, -0.1) is 0 Å². The quantitative estimate of drug-likeness (QED) is 0.221. The maximum absolute atomic E-state index is 12.8. The van der Waals surface area contributed by atoms with E-state index in [1.807, 2.05) is 38.0 Å². The van der Waals surface area contributed by atoms with Crippen LogP contribution in [0.4, 0.5) is 22.7 Å². The number of nitrogens with zero attached hydrogens (tertiary/aromatic N) is 2. The molecule has 0 saturated heterocycles. The van der Waals surface area contributed by atoms with Gasteiger partial charge in [-0.3, -0.25) is 19.2 Å². The van der Waals surface area contributed by atoms with Crippen molar-refractivity contribution in [2.45, 2.75) is 25.7 Å². The van der Waals surface area contributed by atoms with Crippen molar-refractivity contribution in [3.63, 3.8) is 0 Å². The number of hydrogen-bond donors (Lipinski definition) is 4. The second-order valence-corrected chi connectivity index (χ2v) is 10.6. The summed E-state index contributed by atoms with van der Waals surface area (Å²) in [5.74, 6) is -0.849. The summed E-state index contributed by atoms with van der Waals surface area (Å²) in [6.07, 6.45) is 2.33. The van der Waals surface area contributed by atoms with E-state index in [0.717, 1.165) is 25.9 Å². The average molecular weight is 573 g/mol. The van der Waals surface area contributed by atoms with Crippen LogP contribution in [0.1, 0.15) is 46.4 Å². The van der Waals surface area contributed by atoms with Crippen molar-refractivity contribution in [3.05, 3.63) is 83.9 Å². The van der Waals surface area contributed by atoms with Crippen molar-refractivity contribution in [2.75, 3.05) is 62.5 Å². The summed E-state index contributed by atoms with van der Waals surface area (Å²) in [5.41, 5.74) is 3.03. The van der Waals surface area contributed by atoms with Gasteiger partial charge in [0.2, 0.25) is 11.8 Å². The predicted molar refractivity (Wildman–Crippen MR) is 168 cm³/mol. The van der Waals surface area contributed by atoms with Gasteiger partial charge in [-0.25, -0.2) is 0 Å². The van der Waals surface area contributed by atoms with Gasteiger partial charge in [0.05, 0.1) is 0 Å². The summed E-state index contributed by atoms with van der Waals surface area (Å²) in [4.78, 5) is 54.1. The van der Waals surface area contributed by atoms with Gasteiger partial charge in [0.15, 0.2) is 0 Å². The molecule has 4 amide bonds. The molecule has 3 aromatic rings. The molecular formula is C32H40N6O4. The Kier molecular flexibility index (Phi) is 12.2. The van der Waals surface area contributed by atoms with Gasteiger partial charge in [0.1, 0.15) is 0 Å². The molecule has 0 aliphatic rings. The number of benzene rings is 3. The Hall–Kier alpha value is -4.54. The summed E-state index contributed by atoms with van der Waals surface area (Å²) >= 11 is 0. The van der Waals surface area contributed by atoms with E-state index >= 15 is 0 Å². The number of rotatable bonds is 14. The summed E-state index contributed by atoms with van der Waals surface area (Å²) in [6.45, 7) is 1.66. The van der Waals surface area contributed by atoms with Gasteiger partial charge in [-0.1, -0.05) is 12.1 Å². The molecule has 0 radical (unpaired) electrons. The number of carbonyl (C=O) groups excluding carboxylic acids is 4. The van der Waals surface area contributed by atoms with Crippen LogP contribution in [0.15, 0.2) is 72.8 Å². The van der Waals surface area contributed by atoms with Gasteiger partial charge < -0.3 is 31.1 Å². The zero-order valence-electron chi connectivity index (χ0n) is 24.7. The minimum absolute atomic E-state index is 0.0821. The Labute approximate surface area is 247 Å². The molecule has 3 rings (SSSR count). The van der Waals surface area contributed by atoms with E-state index in [9.17, 15) is 19.2 Å². The fourth-order valence-electron chi connectivity index (χ4n) is 4.09. The maximum atomic E-state index is 12.8. The van der Waals surface area contributed by atoms with E-state index in [-0.39, 0.29) is 23.6 Å². The molecule has 0 aliphatic carbocycles. The molecule has 0 saturated carbocycles. The highest BCUT2D eigenvalue weighted by molar-refractivity contribution is 6.07. The third kappa shape index (κ3) is 11.1. The second kappa shape index (κ2) is 16.0. The van der Waals surface area contributed by atoms with Crippen LogP contribution < -0.4 is 21.3 Å². The van der Waals surface area contributed by atoms with Crippen molar-refractivity contribution in [1.29, 1.82) is 0 Å². The van der Waals surface area contributed by atoms with E-state index in [2.05, 4.69) is 21.3 Å². The molecule has 0 heterocycles. The molecular weight excluding hydrogens is 532 g/mol. The second-order valence-electron chi connectivity index (χ2n) is 10.6. The fraction of sp³-hybridized carbons (Fsp3) is 0.312. The number of hydrogen-bond acceptors (Lipinski definition) is 6. The first kappa shape index (κ1) is 32.0. The van der Waals surface area contributed by atoms with Crippen LogP contribution in [0.5, 0.6) is 0 Å². The molecule has 0 bridgehead atoms. The Morgan fingerprint density at radius 1 is 0.524 bits per heavy atom. The van der Waals surface area contributed by atoms with E-state index < -0.39 is 0 Å². The normalized spacial score (nSPS) is 10.8. The number of nitrogens with one attached hydrogen (secondary N) is 4. The van der Waals surface area contributed by atoms with Crippen molar-refractivity contribution in [1.82, 2.24) is 9.80 Å². The molecule has 0 fully saturated rings. The highest BCUT2D eigenvalue weighted by Gasteiger charge is 2.12. The largest absolute Gasteiger partial charge is 0.326 e. The molecule has 222 valence electrons. The fourth-order valence-corrected chi connectivity index (χ4v) is 4.09. The Morgan fingerprint density at radius 2 is 0.857 bits per heavy atom. The Balaban J connectivity index is 1.52. The van der Waals surface area contributed by atoms with Crippen LogP contribution in [-0.2, 0) is 9.59 Å². The minimum Gasteiger partial charge on any atom is -0.326 e. The lowest BCUT2D eigenvalue weighted by atomic mass is 10.1. The summed E-state index contributed by atoms with van der Waals surface area (Å²) in [5, 5.41) is 11.4. The molecule has 0 unspecified atom stereocenters. The molecule has 10 heteroatoms. The highest BCUT2D eigenvalue weighted by atomic mass is 16.2. The minimum atomic E-state index is -0.342. The van der Waals surface area contributed by atoms with Crippen LogP contribution in [0.3, 0.4) is 0 Å². The smallest absolute Gasteiger partial charge is 0.255 e. The zero-order valence-corrected chi connectivity index (χ0v) is 24.7. The topological polar surface area (TPSA) is 123 Å². The van der Waals surface area contributed by atoms with E-state index in [4.69, 9.17) is 0 Å². The predicted octanol–water partition coefficient (Wildman–Crippen LogP) is 4.75. The third-order valence-electron chi connectivity index (χ3n) is 6.24. The molecule has 0 atom stereocenters. The van der Waals surface area contributed by atoms with Crippen molar-refractivity contribution < 1.29 is 19.2 Å². The van der Waals surface area contributed by atoms with Crippen molar-refractivity contribution >= 4 is 46.4 Å².